The quantitative estimate of drug-likeness (QED) is 0.642. The van der Waals surface area contributed by atoms with Gasteiger partial charge in [0.1, 0.15) is 0 Å². The normalized spacial score (nSPS) is 12.3. The van der Waals surface area contributed by atoms with E-state index in [0.29, 0.717) is 12.5 Å². The Morgan fingerprint density at radius 2 is 1.94 bits per heavy atom. The van der Waals surface area contributed by atoms with Crippen LogP contribution in [0.25, 0.3) is 0 Å². The van der Waals surface area contributed by atoms with Crippen molar-refractivity contribution in [1.29, 1.82) is 0 Å². The summed E-state index contributed by atoms with van der Waals surface area (Å²) in [6, 6.07) is 20.2. The maximum Gasteiger partial charge on any atom is 0.0178 e. The zero-order valence-electron chi connectivity index (χ0n) is 10.3. The third-order valence-electron chi connectivity index (χ3n) is 3.10. The molecule has 0 aliphatic heterocycles. The SMILES string of the molecule is NCc1cc[c]c(C(CCI)c2ccccc2)c1. The van der Waals surface area contributed by atoms with Crippen molar-refractivity contribution in [2.75, 3.05) is 4.43 Å². The Kier molecular flexibility index (Phi) is 5.20. The first kappa shape index (κ1) is 13.6. The van der Waals surface area contributed by atoms with Gasteiger partial charge in [-0.15, -0.1) is 0 Å². The molecule has 0 saturated carbocycles. The highest BCUT2D eigenvalue weighted by atomic mass is 127. The summed E-state index contributed by atoms with van der Waals surface area (Å²) >= 11 is 2.44. The molecule has 0 fully saturated rings. The lowest BCUT2D eigenvalue weighted by Gasteiger charge is -2.17. The zero-order chi connectivity index (χ0) is 12.8. The molecule has 0 saturated heterocycles. The van der Waals surface area contributed by atoms with E-state index in [4.69, 9.17) is 5.73 Å². The van der Waals surface area contributed by atoms with Gasteiger partial charge < -0.3 is 5.73 Å². The van der Waals surface area contributed by atoms with Crippen molar-refractivity contribution in [3.8, 4) is 0 Å². The molecule has 0 aliphatic rings. The molecule has 0 spiro atoms. The summed E-state index contributed by atoms with van der Waals surface area (Å²) in [5.74, 6) is 0.426. The standard InChI is InChI=1S/C16H17IN/c17-10-9-16(14-6-2-1-3-7-14)15-8-4-5-13(11-15)12-18/h1-7,11,16H,9-10,12,18H2. The van der Waals surface area contributed by atoms with Gasteiger partial charge in [0.2, 0.25) is 0 Å². The molecule has 1 atom stereocenters. The first-order chi connectivity index (χ1) is 8.85. The molecular formula is C16H17IN. The van der Waals surface area contributed by atoms with E-state index in [1.807, 2.05) is 12.1 Å². The van der Waals surface area contributed by atoms with Crippen LogP contribution < -0.4 is 5.73 Å². The second-order valence-corrected chi connectivity index (χ2v) is 5.38. The largest absolute Gasteiger partial charge is 0.326 e. The minimum absolute atomic E-state index is 0.426. The molecule has 0 aliphatic carbocycles. The minimum Gasteiger partial charge on any atom is -0.326 e. The van der Waals surface area contributed by atoms with Crippen LogP contribution in [0.4, 0.5) is 0 Å². The third kappa shape index (κ3) is 3.33. The van der Waals surface area contributed by atoms with E-state index < -0.39 is 0 Å². The first-order valence-corrected chi connectivity index (χ1v) is 7.69. The minimum atomic E-state index is 0.426. The van der Waals surface area contributed by atoms with Crippen molar-refractivity contribution in [3.63, 3.8) is 0 Å². The molecule has 1 nitrogen and oxygen atoms in total. The molecule has 2 heteroatoms. The lowest BCUT2D eigenvalue weighted by molar-refractivity contribution is 0.789. The molecule has 18 heavy (non-hydrogen) atoms. The van der Waals surface area contributed by atoms with Crippen molar-refractivity contribution >= 4 is 22.6 Å². The molecule has 0 heterocycles. The van der Waals surface area contributed by atoms with Crippen molar-refractivity contribution in [2.24, 2.45) is 5.73 Å². The molecule has 2 aromatic carbocycles. The summed E-state index contributed by atoms with van der Waals surface area (Å²) in [6.45, 7) is 0.591. The Morgan fingerprint density at radius 1 is 1.17 bits per heavy atom. The number of nitrogens with two attached hydrogens (primary N) is 1. The summed E-state index contributed by atoms with van der Waals surface area (Å²) in [5.41, 5.74) is 9.51. The number of hydrogen-bond donors (Lipinski definition) is 1. The van der Waals surface area contributed by atoms with E-state index in [1.165, 1.54) is 16.7 Å². The monoisotopic (exact) mass is 350 g/mol. The van der Waals surface area contributed by atoms with Gasteiger partial charge in [0.25, 0.3) is 0 Å². The van der Waals surface area contributed by atoms with Crippen LogP contribution in [0.1, 0.15) is 29.0 Å². The predicted octanol–water partition coefficient (Wildman–Crippen LogP) is 3.90. The first-order valence-electron chi connectivity index (χ1n) is 6.16. The van der Waals surface area contributed by atoms with Crippen LogP contribution in [-0.4, -0.2) is 4.43 Å². The Labute approximate surface area is 123 Å². The molecule has 2 N–H and O–H groups in total. The molecule has 0 amide bonds. The van der Waals surface area contributed by atoms with Gasteiger partial charge in [-0.25, -0.2) is 0 Å². The van der Waals surface area contributed by atoms with Crippen molar-refractivity contribution in [2.45, 2.75) is 18.9 Å². The van der Waals surface area contributed by atoms with Gasteiger partial charge in [-0.05, 0) is 29.2 Å². The average Bonchev–Trinajstić information content (AvgIpc) is 2.46. The zero-order valence-corrected chi connectivity index (χ0v) is 12.4. The molecule has 0 aromatic heterocycles. The Bertz CT molecular complexity index is 481. The van der Waals surface area contributed by atoms with Crippen molar-refractivity contribution in [1.82, 2.24) is 0 Å². The van der Waals surface area contributed by atoms with E-state index in [2.05, 4.69) is 65.1 Å². The van der Waals surface area contributed by atoms with Gasteiger partial charge in [-0.2, -0.15) is 0 Å². The average molecular weight is 350 g/mol. The second kappa shape index (κ2) is 6.90. The van der Waals surface area contributed by atoms with Gasteiger partial charge in [-0.3, -0.25) is 0 Å². The van der Waals surface area contributed by atoms with Crippen LogP contribution in [0.2, 0.25) is 0 Å². The maximum absolute atomic E-state index is 5.72. The van der Waals surface area contributed by atoms with Gasteiger partial charge >= 0.3 is 0 Å². The maximum atomic E-state index is 5.72. The molecule has 0 bridgehead atoms. The Morgan fingerprint density at radius 3 is 2.61 bits per heavy atom. The van der Waals surface area contributed by atoms with Crippen molar-refractivity contribution < 1.29 is 0 Å². The predicted molar refractivity (Wildman–Crippen MR) is 85.0 cm³/mol. The van der Waals surface area contributed by atoms with E-state index in [-0.39, 0.29) is 0 Å². The van der Waals surface area contributed by atoms with Crippen LogP contribution >= 0.6 is 22.6 Å². The fraction of sp³-hybridized carbons (Fsp3) is 0.250. The van der Waals surface area contributed by atoms with Crippen LogP contribution in [0.5, 0.6) is 0 Å². The van der Waals surface area contributed by atoms with E-state index >= 15 is 0 Å². The third-order valence-corrected chi connectivity index (χ3v) is 3.72. The number of alkyl halides is 1. The number of halogens is 1. The number of hydrogen-bond acceptors (Lipinski definition) is 1. The van der Waals surface area contributed by atoms with Gasteiger partial charge in [0, 0.05) is 16.9 Å². The van der Waals surface area contributed by atoms with Gasteiger partial charge in [0.15, 0.2) is 0 Å². The smallest absolute Gasteiger partial charge is 0.0178 e. The van der Waals surface area contributed by atoms with Crippen LogP contribution in [0.15, 0.2) is 48.5 Å². The molecule has 93 valence electrons. The van der Waals surface area contributed by atoms with Crippen LogP contribution in [0, 0.1) is 6.07 Å². The van der Waals surface area contributed by atoms with Gasteiger partial charge in [0.05, 0.1) is 0 Å². The Balaban J connectivity index is 2.35. The fourth-order valence-electron chi connectivity index (χ4n) is 2.16. The topological polar surface area (TPSA) is 26.0 Å². The van der Waals surface area contributed by atoms with E-state index in [9.17, 15) is 0 Å². The molecule has 2 aromatic rings. The summed E-state index contributed by atoms with van der Waals surface area (Å²) in [7, 11) is 0. The summed E-state index contributed by atoms with van der Waals surface area (Å²) in [4.78, 5) is 0. The van der Waals surface area contributed by atoms with Gasteiger partial charge in [-0.1, -0.05) is 71.1 Å². The Hall–Kier alpha value is -0.870. The van der Waals surface area contributed by atoms with Crippen LogP contribution in [0.3, 0.4) is 0 Å². The van der Waals surface area contributed by atoms with E-state index in [1.54, 1.807) is 0 Å². The second-order valence-electron chi connectivity index (χ2n) is 4.30. The molecule has 1 radical (unpaired) electrons. The number of rotatable bonds is 5. The van der Waals surface area contributed by atoms with Crippen LogP contribution in [-0.2, 0) is 6.54 Å². The molecule has 2 rings (SSSR count). The highest BCUT2D eigenvalue weighted by Gasteiger charge is 2.13. The highest BCUT2D eigenvalue weighted by Crippen LogP contribution is 2.28. The highest BCUT2D eigenvalue weighted by molar-refractivity contribution is 14.1. The summed E-state index contributed by atoms with van der Waals surface area (Å²) in [6.07, 6.45) is 1.13. The molecular weight excluding hydrogens is 333 g/mol. The van der Waals surface area contributed by atoms with Crippen molar-refractivity contribution in [3.05, 3.63) is 71.3 Å². The lowest BCUT2D eigenvalue weighted by Crippen LogP contribution is -2.04. The summed E-state index contributed by atoms with van der Waals surface area (Å²) < 4.78 is 1.14. The fourth-order valence-corrected chi connectivity index (χ4v) is 2.78. The van der Waals surface area contributed by atoms with E-state index in [0.717, 1.165) is 10.8 Å². The molecule has 1 unspecified atom stereocenters. The lowest BCUT2D eigenvalue weighted by atomic mass is 9.88. The summed E-state index contributed by atoms with van der Waals surface area (Å²) in [5, 5.41) is 0. The number of benzene rings is 2.